The number of rotatable bonds is 7. The monoisotopic (exact) mass is 331 g/mol. The molecule has 0 aliphatic carbocycles. The fraction of sp³-hybridized carbons (Fsp3) is 0.846. The van der Waals surface area contributed by atoms with Gasteiger partial charge in [0.15, 0.2) is 0 Å². The van der Waals surface area contributed by atoms with Gasteiger partial charge in [0.25, 0.3) is 0 Å². The third-order valence-corrected chi connectivity index (χ3v) is 4.97. The Morgan fingerprint density at radius 3 is 2.73 bits per heavy atom. The summed E-state index contributed by atoms with van der Waals surface area (Å²) in [7, 11) is 0.729. The molecule has 2 rings (SSSR count). The predicted octanol–water partition coefficient (Wildman–Crippen LogP) is -0.265. The first-order valence-electron chi connectivity index (χ1n) is 7.42. The van der Waals surface area contributed by atoms with Gasteiger partial charge in [-0.15, -0.1) is 5.10 Å². The number of hydrogen-bond acceptors (Lipinski definition) is 6. The van der Waals surface area contributed by atoms with Crippen molar-refractivity contribution in [2.45, 2.75) is 25.9 Å². The maximum absolute atomic E-state index is 11.9. The molecule has 0 saturated heterocycles. The summed E-state index contributed by atoms with van der Waals surface area (Å²) in [6, 6.07) is 0. The molecule has 1 aromatic rings. The van der Waals surface area contributed by atoms with Gasteiger partial charge in [0.2, 0.25) is 10.0 Å². The van der Waals surface area contributed by atoms with Crippen molar-refractivity contribution in [1.82, 2.24) is 24.2 Å². The molecule has 0 aromatic carbocycles. The average molecular weight is 331 g/mol. The second-order valence-corrected chi connectivity index (χ2v) is 7.85. The molecule has 8 nitrogen and oxygen atoms in total. The largest absolute Gasteiger partial charge is 0.379 e. The van der Waals surface area contributed by atoms with Crippen molar-refractivity contribution in [2.24, 2.45) is 0 Å². The molecule has 1 aromatic heterocycles. The standard InChI is InChI=1S/C13H25N5O3S/c1-5-18-13-11(10-21-7-6-16(2)3)8-17(22(4,19)20)9-12(13)14-15-18/h11H,5-10H2,1-4H3/t11-/m0/s1. The summed E-state index contributed by atoms with van der Waals surface area (Å²) < 4.78 is 32.8. The van der Waals surface area contributed by atoms with Gasteiger partial charge in [0, 0.05) is 25.6 Å². The minimum atomic E-state index is -3.25. The van der Waals surface area contributed by atoms with Crippen molar-refractivity contribution in [3.63, 3.8) is 0 Å². The maximum Gasteiger partial charge on any atom is 0.211 e. The summed E-state index contributed by atoms with van der Waals surface area (Å²) >= 11 is 0. The zero-order chi connectivity index (χ0) is 16.3. The highest BCUT2D eigenvalue weighted by Crippen LogP contribution is 2.28. The van der Waals surface area contributed by atoms with Gasteiger partial charge in [0.05, 0.1) is 31.7 Å². The lowest BCUT2D eigenvalue weighted by Crippen LogP contribution is -2.40. The quantitative estimate of drug-likeness (QED) is 0.640. The van der Waals surface area contributed by atoms with Crippen molar-refractivity contribution < 1.29 is 13.2 Å². The summed E-state index contributed by atoms with van der Waals surface area (Å²) in [5.41, 5.74) is 1.74. The van der Waals surface area contributed by atoms with E-state index in [1.54, 1.807) is 0 Å². The molecule has 1 aliphatic heterocycles. The highest BCUT2D eigenvalue weighted by molar-refractivity contribution is 7.88. The average Bonchev–Trinajstić information content (AvgIpc) is 2.85. The van der Waals surface area contributed by atoms with E-state index in [-0.39, 0.29) is 5.92 Å². The molecule has 2 heterocycles. The van der Waals surface area contributed by atoms with Crippen LogP contribution in [0.4, 0.5) is 0 Å². The molecule has 0 spiro atoms. The molecule has 0 bridgehead atoms. The first-order valence-corrected chi connectivity index (χ1v) is 9.27. The van der Waals surface area contributed by atoms with E-state index in [1.165, 1.54) is 10.6 Å². The van der Waals surface area contributed by atoms with Crippen molar-refractivity contribution in [3.05, 3.63) is 11.4 Å². The molecule has 1 aliphatic rings. The predicted molar refractivity (Wildman–Crippen MR) is 83.1 cm³/mol. The van der Waals surface area contributed by atoms with Gasteiger partial charge in [-0.1, -0.05) is 5.21 Å². The second-order valence-electron chi connectivity index (χ2n) is 5.87. The third kappa shape index (κ3) is 4.03. The van der Waals surface area contributed by atoms with Crippen LogP contribution in [0.2, 0.25) is 0 Å². The molecule has 0 unspecified atom stereocenters. The highest BCUT2D eigenvalue weighted by atomic mass is 32.2. The van der Waals surface area contributed by atoms with Crippen molar-refractivity contribution in [1.29, 1.82) is 0 Å². The van der Waals surface area contributed by atoms with Gasteiger partial charge in [-0.25, -0.2) is 13.1 Å². The molecule has 9 heteroatoms. The Hall–Kier alpha value is -1.03. The number of aromatic nitrogens is 3. The van der Waals surface area contributed by atoms with Gasteiger partial charge in [-0.05, 0) is 21.0 Å². The van der Waals surface area contributed by atoms with E-state index in [2.05, 4.69) is 10.3 Å². The SMILES string of the molecule is CCn1nnc2c1[C@H](COCCN(C)C)CN(S(C)(=O)=O)C2. The summed E-state index contributed by atoms with van der Waals surface area (Å²) in [5, 5.41) is 8.26. The fourth-order valence-corrected chi connectivity index (χ4v) is 3.38. The second kappa shape index (κ2) is 7.03. The van der Waals surface area contributed by atoms with Gasteiger partial charge in [-0.2, -0.15) is 4.31 Å². The van der Waals surface area contributed by atoms with Crippen molar-refractivity contribution >= 4 is 10.0 Å². The van der Waals surface area contributed by atoms with Gasteiger partial charge < -0.3 is 9.64 Å². The number of nitrogens with zero attached hydrogens (tertiary/aromatic N) is 5. The van der Waals surface area contributed by atoms with Gasteiger partial charge >= 0.3 is 0 Å². The Balaban J connectivity index is 2.14. The van der Waals surface area contributed by atoms with E-state index in [0.717, 1.165) is 24.5 Å². The summed E-state index contributed by atoms with van der Waals surface area (Å²) in [4.78, 5) is 2.05. The van der Waals surface area contributed by atoms with Crippen LogP contribution in [0.5, 0.6) is 0 Å². The molecular formula is C13H25N5O3S. The van der Waals surface area contributed by atoms with Crippen LogP contribution in [-0.2, 0) is 27.8 Å². The Labute approximate surface area is 132 Å². The fourth-order valence-electron chi connectivity index (χ4n) is 2.57. The lowest BCUT2D eigenvalue weighted by atomic mass is 10.0. The van der Waals surface area contributed by atoms with Crippen LogP contribution in [0.1, 0.15) is 24.2 Å². The topological polar surface area (TPSA) is 80.6 Å². The Bertz CT molecular complexity index is 599. The number of likely N-dealkylation sites (N-methyl/N-ethyl adjacent to an activating group) is 1. The van der Waals surface area contributed by atoms with E-state index in [1.807, 2.05) is 30.6 Å². The number of sulfonamides is 1. The maximum atomic E-state index is 11.9. The van der Waals surface area contributed by atoms with E-state index in [4.69, 9.17) is 4.74 Å². The van der Waals surface area contributed by atoms with Crippen LogP contribution in [-0.4, -0.2) is 79.3 Å². The first kappa shape index (κ1) is 17.3. The molecule has 0 N–H and O–H groups in total. The summed E-state index contributed by atoms with van der Waals surface area (Å²) in [6.07, 6.45) is 1.23. The number of ether oxygens (including phenoxy) is 1. The molecule has 0 radical (unpaired) electrons. The Morgan fingerprint density at radius 2 is 2.14 bits per heavy atom. The summed E-state index contributed by atoms with van der Waals surface area (Å²) in [6.45, 7) is 5.35. The molecule has 0 amide bonds. The normalized spacial score (nSPS) is 19.6. The molecule has 126 valence electrons. The van der Waals surface area contributed by atoms with Gasteiger partial charge in [-0.3, -0.25) is 0 Å². The van der Waals surface area contributed by atoms with E-state index in [9.17, 15) is 8.42 Å². The lowest BCUT2D eigenvalue weighted by molar-refractivity contribution is 0.0951. The molecular weight excluding hydrogens is 306 g/mol. The highest BCUT2D eigenvalue weighted by Gasteiger charge is 2.34. The van der Waals surface area contributed by atoms with E-state index in [0.29, 0.717) is 26.3 Å². The smallest absolute Gasteiger partial charge is 0.211 e. The van der Waals surface area contributed by atoms with Crippen LogP contribution < -0.4 is 0 Å². The molecule has 1 atom stereocenters. The van der Waals surface area contributed by atoms with Crippen LogP contribution in [0.3, 0.4) is 0 Å². The Kier molecular flexibility index (Phi) is 5.54. The summed E-state index contributed by atoms with van der Waals surface area (Å²) in [5.74, 6) is -0.0319. The minimum absolute atomic E-state index is 0.0319. The van der Waals surface area contributed by atoms with Crippen LogP contribution in [0.25, 0.3) is 0 Å². The lowest BCUT2D eigenvalue weighted by Gasteiger charge is -2.30. The van der Waals surface area contributed by atoms with Crippen LogP contribution in [0, 0.1) is 0 Å². The number of hydrogen-bond donors (Lipinski definition) is 0. The van der Waals surface area contributed by atoms with E-state index >= 15 is 0 Å². The zero-order valence-corrected chi connectivity index (χ0v) is 14.5. The van der Waals surface area contributed by atoms with Gasteiger partial charge in [0.1, 0.15) is 5.69 Å². The third-order valence-electron chi connectivity index (χ3n) is 3.75. The first-order chi connectivity index (χ1) is 10.3. The number of fused-ring (bicyclic) bond motifs is 1. The zero-order valence-electron chi connectivity index (χ0n) is 13.7. The Morgan fingerprint density at radius 1 is 1.41 bits per heavy atom. The van der Waals surface area contributed by atoms with Crippen molar-refractivity contribution in [3.8, 4) is 0 Å². The molecule has 0 fully saturated rings. The molecule has 0 saturated carbocycles. The minimum Gasteiger partial charge on any atom is -0.379 e. The number of aryl methyl sites for hydroxylation is 1. The van der Waals surface area contributed by atoms with E-state index < -0.39 is 10.0 Å². The molecule has 22 heavy (non-hydrogen) atoms. The van der Waals surface area contributed by atoms with Crippen LogP contribution >= 0.6 is 0 Å². The van der Waals surface area contributed by atoms with Crippen molar-refractivity contribution in [2.75, 3.05) is 46.7 Å². The van der Waals surface area contributed by atoms with Crippen LogP contribution in [0.15, 0.2) is 0 Å².